The van der Waals surface area contributed by atoms with Crippen LogP contribution in [0.25, 0.3) is 0 Å². The van der Waals surface area contributed by atoms with Crippen LogP contribution in [0, 0.1) is 13.8 Å². The van der Waals surface area contributed by atoms with Gasteiger partial charge in [0.15, 0.2) is 0 Å². The number of aryl methyl sites for hydroxylation is 2. The van der Waals surface area contributed by atoms with Gasteiger partial charge in [-0.3, -0.25) is 4.98 Å². The van der Waals surface area contributed by atoms with E-state index in [1.54, 1.807) is 6.20 Å². The molecule has 2 heterocycles. The van der Waals surface area contributed by atoms with Crippen LogP contribution in [-0.2, 0) is 6.54 Å². The minimum Gasteiger partial charge on any atom is -0.361 e. The van der Waals surface area contributed by atoms with Gasteiger partial charge in [0.2, 0.25) is 0 Å². The lowest BCUT2D eigenvalue weighted by molar-refractivity contribution is 0.390. The van der Waals surface area contributed by atoms with Gasteiger partial charge < -0.3 is 9.84 Å². The van der Waals surface area contributed by atoms with Crippen molar-refractivity contribution < 1.29 is 4.52 Å². The molecular weight excluding hydrogens is 214 g/mol. The van der Waals surface area contributed by atoms with Crippen molar-refractivity contribution in [3.63, 3.8) is 0 Å². The van der Waals surface area contributed by atoms with Gasteiger partial charge in [-0.05, 0) is 32.4 Å². The lowest BCUT2D eigenvalue weighted by Gasteiger charge is -2.13. The summed E-state index contributed by atoms with van der Waals surface area (Å²) < 4.78 is 5.17. The fourth-order valence-electron chi connectivity index (χ4n) is 1.98. The SMILES string of the molecule is Cc1noc(C)c1C(C)NCc1cccnc1. The average Bonchev–Trinajstić information content (AvgIpc) is 2.67. The zero-order valence-corrected chi connectivity index (χ0v) is 10.4. The lowest BCUT2D eigenvalue weighted by atomic mass is 10.1. The second-order valence-electron chi connectivity index (χ2n) is 4.20. The number of hydrogen-bond donors (Lipinski definition) is 1. The summed E-state index contributed by atoms with van der Waals surface area (Å²) in [5.74, 6) is 0.883. The Morgan fingerprint density at radius 3 is 2.82 bits per heavy atom. The van der Waals surface area contributed by atoms with E-state index in [0.717, 1.165) is 23.6 Å². The quantitative estimate of drug-likeness (QED) is 0.878. The highest BCUT2D eigenvalue weighted by atomic mass is 16.5. The van der Waals surface area contributed by atoms with E-state index in [1.165, 1.54) is 5.56 Å². The molecule has 0 aliphatic heterocycles. The molecule has 1 N–H and O–H groups in total. The minimum atomic E-state index is 0.224. The summed E-state index contributed by atoms with van der Waals surface area (Å²) in [6, 6.07) is 4.22. The third kappa shape index (κ3) is 2.71. The van der Waals surface area contributed by atoms with E-state index in [-0.39, 0.29) is 6.04 Å². The average molecular weight is 231 g/mol. The number of pyridine rings is 1. The fourth-order valence-corrected chi connectivity index (χ4v) is 1.98. The number of nitrogens with zero attached hydrogens (tertiary/aromatic N) is 2. The molecule has 90 valence electrons. The van der Waals surface area contributed by atoms with E-state index in [4.69, 9.17) is 4.52 Å². The summed E-state index contributed by atoms with van der Waals surface area (Å²) >= 11 is 0. The molecule has 0 radical (unpaired) electrons. The van der Waals surface area contributed by atoms with Crippen molar-refractivity contribution in [1.29, 1.82) is 0 Å². The molecule has 0 fully saturated rings. The van der Waals surface area contributed by atoms with E-state index in [1.807, 2.05) is 26.1 Å². The van der Waals surface area contributed by atoms with Crippen molar-refractivity contribution in [3.05, 3.63) is 47.1 Å². The maximum atomic E-state index is 5.17. The molecular formula is C13H17N3O. The Balaban J connectivity index is 2.01. The van der Waals surface area contributed by atoms with Crippen molar-refractivity contribution in [2.75, 3.05) is 0 Å². The van der Waals surface area contributed by atoms with E-state index < -0.39 is 0 Å². The zero-order chi connectivity index (χ0) is 12.3. The second kappa shape index (κ2) is 5.10. The Morgan fingerprint density at radius 2 is 2.24 bits per heavy atom. The van der Waals surface area contributed by atoms with Gasteiger partial charge in [0, 0.05) is 30.5 Å². The molecule has 0 saturated heterocycles. The molecule has 4 nitrogen and oxygen atoms in total. The van der Waals surface area contributed by atoms with Gasteiger partial charge in [-0.2, -0.15) is 0 Å². The third-order valence-electron chi connectivity index (χ3n) is 2.86. The largest absolute Gasteiger partial charge is 0.361 e. The number of aromatic nitrogens is 2. The molecule has 0 bridgehead atoms. The molecule has 1 unspecified atom stereocenters. The molecule has 1 atom stereocenters. The monoisotopic (exact) mass is 231 g/mol. The van der Waals surface area contributed by atoms with E-state index in [9.17, 15) is 0 Å². The molecule has 17 heavy (non-hydrogen) atoms. The summed E-state index contributed by atoms with van der Waals surface area (Å²) in [5.41, 5.74) is 3.27. The number of hydrogen-bond acceptors (Lipinski definition) is 4. The van der Waals surface area contributed by atoms with Crippen molar-refractivity contribution >= 4 is 0 Å². The smallest absolute Gasteiger partial charge is 0.138 e. The topological polar surface area (TPSA) is 51.0 Å². The lowest BCUT2D eigenvalue weighted by Crippen LogP contribution is -2.19. The van der Waals surface area contributed by atoms with E-state index in [2.05, 4.69) is 28.4 Å². The van der Waals surface area contributed by atoms with Crippen LogP contribution >= 0.6 is 0 Å². The van der Waals surface area contributed by atoms with Gasteiger partial charge in [0.05, 0.1) is 5.69 Å². The minimum absolute atomic E-state index is 0.224. The maximum Gasteiger partial charge on any atom is 0.138 e. The molecule has 0 amide bonds. The normalized spacial score (nSPS) is 12.6. The van der Waals surface area contributed by atoms with Crippen LogP contribution in [0.4, 0.5) is 0 Å². The van der Waals surface area contributed by atoms with Crippen LogP contribution < -0.4 is 5.32 Å². The number of rotatable bonds is 4. The molecule has 0 aromatic carbocycles. The molecule has 0 spiro atoms. The molecule has 2 aromatic heterocycles. The molecule has 2 rings (SSSR count). The van der Waals surface area contributed by atoms with Gasteiger partial charge in [-0.15, -0.1) is 0 Å². The van der Waals surface area contributed by atoms with Crippen molar-refractivity contribution in [3.8, 4) is 0 Å². The zero-order valence-electron chi connectivity index (χ0n) is 10.4. The molecule has 2 aromatic rings. The van der Waals surface area contributed by atoms with Crippen LogP contribution in [-0.4, -0.2) is 10.1 Å². The van der Waals surface area contributed by atoms with E-state index >= 15 is 0 Å². The van der Waals surface area contributed by atoms with Gasteiger partial charge in [0.1, 0.15) is 5.76 Å². The highest BCUT2D eigenvalue weighted by Crippen LogP contribution is 2.21. The molecule has 0 saturated carbocycles. The Kier molecular flexibility index (Phi) is 3.54. The first-order valence-electron chi connectivity index (χ1n) is 5.73. The highest BCUT2D eigenvalue weighted by molar-refractivity contribution is 5.24. The van der Waals surface area contributed by atoms with Gasteiger partial charge >= 0.3 is 0 Å². The summed E-state index contributed by atoms with van der Waals surface area (Å²) in [6.45, 7) is 6.81. The van der Waals surface area contributed by atoms with Crippen molar-refractivity contribution in [2.45, 2.75) is 33.4 Å². The summed E-state index contributed by atoms with van der Waals surface area (Å²) in [6.07, 6.45) is 3.65. The summed E-state index contributed by atoms with van der Waals surface area (Å²) in [5, 5.41) is 7.41. The Morgan fingerprint density at radius 1 is 1.41 bits per heavy atom. The van der Waals surface area contributed by atoms with Crippen LogP contribution in [0.2, 0.25) is 0 Å². The maximum absolute atomic E-state index is 5.17. The van der Waals surface area contributed by atoms with Gasteiger partial charge in [-0.25, -0.2) is 0 Å². The Labute approximate surface area is 101 Å². The van der Waals surface area contributed by atoms with Crippen LogP contribution in [0.1, 0.15) is 35.5 Å². The van der Waals surface area contributed by atoms with Crippen LogP contribution in [0.5, 0.6) is 0 Å². The Hall–Kier alpha value is -1.68. The van der Waals surface area contributed by atoms with Crippen LogP contribution in [0.15, 0.2) is 29.0 Å². The van der Waals surface area contributed by atoms with Gasteiger partial charge in [-0.1, -0.05) is 11.2 Å². The standard InChI is InChI=1S/C13H17N3O/c1-9(13-10(2)16-17-11(13)3)15-8-12-5-4-6-14-7-12/h4-7,9,15H,8H2,1-3H3. The second-order valence-corrected chi connectivity index (χ2v) is 4.20. The fraction of sp³-hybridized carbons (Fsp3) is 0.385. The van der Waals surface area contributed by atoms with Crippen LogP contribution in [0.3, 0.4) is 0 Å². The van der Waals surface area contributed by atoms with Crippen molar-refractivity contribution in [1.82, 2.24) is 15.5 Å². The predicted molar refractivity (Wildman–Crippen MR) is 65.5 cm³/mol. The van der Waals surface area contributed by atoms with E-state index in [0.29, 0.717) is 0 Å². The molecule has 0 aliphatic carbocycles. The first-order chi connectivity index (χ1) is 8.18. The third-order valence-corrected chi connectivity index (χ3v) is 2.86. The van der Waals surface area contributed by atoms with Crippen molar-refractivity contribution in [2.24, 2.45) is 0 Å². The number of nitrogens with one attached hydrogen (secondary N) is 1. The summed E-state index contributed by atoms with van der Waals surface area (Å²) in [7, 11) is 0. The Bertz CT molecular complexity index is 459. The first kappa shape index (κ1) is 11.8. The summed E-state index contributed by atoms with van der Waals surface area (Å²) in [4.78, 5) is 4.09. The molecule has 4 heteroatoms. The first-order valence-corrected chi connectivity index (χ1v) is 5.73. The molecule has 0 aliphatic rings. The van der Waals surface area contributed by atoms with Gasteiger partial charge in [0.25, 0.3) is 0 Å². The highest BCUT2D eigenvalue weighted by Gasteiger charge is 2.15. The predicted octanol–water partition coefficient (Wildman–Crippen LogP) is 2.54.